The van der Waals surface area contributed by atoms with Crippen molar-refractivity contribution in [1.82, 2.24) is 15.0 Å². The average molecular weight is 933 g/mol. The van der Waals surface area contributed by atoms with E-state index in [-0.39, 0.29) is 41.7 Å². The molecule has 1 saturated heterocycles. The van der Waals surface area contributed by atoms with Crippen molar-refractivity contribution in [3.63, 3.8) is 0 Å². The standard InChI is InChI=1S/C19H18N2O4.C15H10FNO3.C12H12O4.C5H3FN.Li/c1-23-14-4-5-16-13(11-14)12-17(25-16)18(22)15-3-2-6-20-19(15)21-7-9-24-10-8-21;1-19-10-4-5-12-9(7-10)8-13(20-12)14(18)11-3-2-6-17-15(11)16;1-3-15-12(13)11-7-8-6-9(14-2)4-5-10(8)16-11;6-5-3-1-2-4-7-5;/h2-6,11-12H,7-10H2,1H3;2-8H,1H3;4-7H,3H2,1-2H3;1-2,4H;/q;;;-1;+1. The van der Waals surface area contributed by atoms with Crippen LogP contribution in [-0.4, -0.2) is 86.7 Å². The second-order valence-electron chi connectivity index (χ2n) is 14.3. The maximum atomic E-state index is 13.5. The summed E-state index contributed by atoms with van der Waals surface area (Å²) in [6, 6.07) is 32.7. The quantitative estimate of drug-likeness (QED) is 0.0462. The Morgan fingerprint density at radius 2 is 1.10 bits per heavy atom. The van der Waals surface area contributed by atoms with Crippen molar-refractivity contribution in [1.29, 1.82) is 0 Å². The smallest absolute Gasteiger partial charge is 0.497 e. The maximum absolute atomic E-state index is 13.5. The minimum Gasteiger partial charge on any atom is -0.497 e. The molecule has 15 nitrogen and oxygen atoms in total. The molecule has 0 spiro atoms. The Balaban J connectivity index is 0.000000161. The molecule has 69 heavy (non-hydrogen) atoms. The number of benzene rings is 3. The van der Waals surface area contributed by atoms with Crippen LogP contribution in [-0.2, 0) is 9.47 Å². The van der Waals surface area contributed by atoms with E-state index >= 15 is 0 Å². The van der Waals surface area contributed by atoms with Crippen LogP contribution in [0.3, 0.4) is 0 Å². The van der Waals surface area contributed by atoms with Gasteiger partial charge in [0.15, 0.2) is 11.5 Å². The van der Waals surface area contributed by atoms with Crippen LogP contribution in [0.25, 0.3) is 32.9 Å². The van der Waals surface area contributed by atoms with Crippen molar-refractivity contribution in [2.24, 2.45) is 0 Å². The Labute approximate surface area is 406 Å². The molecule has 0 aliphatic carbocycles. The molecule has 348 valence electrons. The molecule has 6 aromatic heterocycles. The largest absolute Gasteiger partial charge is 1.00 e. The van der Waals surface area contributed by atoms with Gasteiger partial charge >= 0.3 is 24.8 Å². The summed E-state index contributed by atoms with van der Waals surface area (Å²) < 4.78 is 67.4. The van der Waals surface area contributed by atoms with Crippen molar-refractivity contribution in [3.8, 4) is 17.2 Å². The van der Waals surface area contributed by atoms with Crippen molar-refractivity contribution in [3.05, 3.63) is 174 Å². The number of carbonyl (C=O) groups excluding carboxylic acids is 3. The van der Waals surface area contributed by atoms with Gasteiger partial charge in [0.2, 0.25) is 23.3 Å². The SMILES string of the molecule is CCOC(=O)c1cc2cc(OC)ccc2o1.COc1ccc2oc(C(=O)c3cccnc3F)cc2c1.COc1ccc2oc(C(=O)c3cccnc3N3CCOCC3)cc2c1.Fc1[c-]cccn1.[Li+]. The number of nitrogens with zero attached hydrogens (tertiary/aromatic N) is 4. The summed E-state index contributed by atoms with van der Waals surface area (Å²) in [6.45, 7) is 4.79. The molecule has 0 radical (unpaired) electrons. The van der Waals surface area contributed by atoms with Crippen molar-refractivity contribution in [2.45, 2.75) is 6.92 Å². The Hall–Kier alpha value is -7.84. The number of ketones is 2. The number of anilines is 1. The van der Waals surface area contributed by atoms with Gasteiger partial charge in [-0.2, -0.15) is 16.5 Å². The van der Waals surface area contributed by atoms with Crippen LogP contribution >= 0.6 is 0 Å². The average Bonchev–Trinajstić information content (AvgIpc) is 4.14. The van der Waals surface area contributed by atoms with E-state index in [1.54, 1.807) is 107 Å². The van der Waals surface area contributed by atoms with Gasteiger partial charge in [0, 0.05) is 41.6 Å². The second-order valence-corrected chi connectivity index (χ2v) is 14.3. The first-order valence-corrected chi connectivity index (χ1v) is 20.9. The number of hydrogen-bond acceptors (Lipinski definition) is 15. The van der Waals surface area contributed by atoms with Gasteiger partial charge in [0.25, 0.3) is 0 Å². The fourth-order valence-electron chi connectivity index (χ4n) is 6.70. The third kappa shape index (κ3) is 12.8. The molecule has 0 saturated carbocycles. The molecule has 3 aromatic carbocycles. The van der Waals surface area contributed by atoms with Crippen molar-refractivity contribution in [2.75, 3.05) is 59.1 Å². The van der Waals surface area contributed by atoms with Gasteiger partial charge in [-0.15, -0.1) is 0 Å². The molecular weight excluding hydrogens is 890 g/mol. The summed E-state index contributed by atoms with van der Waals surface area (Å²) in [7, 11) is 4.75. The number of methoxy groups -OCH3 is 3. The molecule has 1 aliphatic heterocycles. The van der Waals surface area contributed by atoms with Crippen LogP contribution in [0.4, 0.5) is 14.6 Å². The number of morpholine rings is 1. The van der Waals surface area contributed by atoms with Gasteiger partial charge in [-0.3, -0.25) is 14.6 Å². The summed E-state index contributed by atoms with van der Waals surface area (Å²) >= 11 is 0. The van der Waals surface area contributed by atoms with E-state index < -0.39 is 23.6 Å². The Morgan fingerprint density at radius 1 is 0.623 bits per heavy atom. The first-order chi connectivity index (χ1) is 33.1. The Morgan fingerprint density at radius 3 is 1.57 bits per heavy atom. The number of hydrogen-bond donors (Lipinski definition) is 0. The van der Waals surface area contributed by atoms with Crippen LogP contribution < -0.4 is 38.0 Å². The molecule has 0 unspecified atom stereocenters. The predicted octanol–water partition coefficient (Wildman–Crippen LogP) is 6.75. The number of fused-ring (bicyclic) bond motifs is 3. The van der Waals surface area contributed by atoms with E-state index in [0.717, 1.165) is 27.7 Å². The third-order valence-corrected chi connectivity index (χ3v) is 10.0. The van der Waals surface area contributed by atoms with Gasteiger partial charge < -0.3 is 41.8 Å². The van der Waals surface area contributed by atoms with Crippen LogP contribution in [0.1, 0.15) is 49.7 Å². The summed E-state index contributed by atoms with van der Waals surface area (Å²) in [5, 5.41) is 2.37. The van der Waals surface area contributed by atoms with Crippen LogP contribution in [0.15, 0.2) is 141 Å². The molecule has 0 bridgehead atoms. The number of aromatic nitrogens is 3. The maximum Gasteiger partial charge on any atom is 1.00 e. The summed E-state index contributed by atoms with van der Waals surface area (Å²) in [4.78, 5) is 49.8. The Bertz CT molecular complexity index is 3150. The number of furan rings is 3. The zero-order valence-corrected chi connectivity index (χ0v) is 38.2. The van der Waals surface area contributed by atoms with Gasteiger partial charge in [0.1, 0.15) is 45.8 Å². The van der Waals surface area contributed by atoms with Crippen molar-refractivity contribution < 1.29 is 79.0 Å². The van der Waals surface area contributed by atoms with E-state index in [1.165, 1.54) is 30.6 Å². The summed E-state index contributed by atoms with van der Waals surface area (Å²) in [5.74, 6) is 0.840. The number of carbonyl (C=O) groups is 3. The summed E-state index contributed by atoms with van der Waals surface area (Å²) in [6.07, 6.45) is 4.37. The molecular formula is C51H43F2LiN4O11. The zero-order chi connectivity index (χ0) is 48.0. The zero-order valence-electron chi connectivity index (χ0n) is 38.2. The molecule has 1 aliphatic rings. The number of ether oxygens (including phenoxy) is 5. The molecule has 18 heteroatoms. The van der Waals surface area contributed by atoms with E-state index in [2.05, 4.69) is 25.9 Å². The fourth-order valence-corrected chi connectivity index (χ4v) is 6.70. The van der Waals surface area contributed by atoms with Gasteiger partial charge in [-0.25, -0.2) is 25.2 Å². The normalized spacial score (nSPS) is 11.7. The van der Waals surface area contributed by atoms with Crippen molar-refractivity contribution >= 4 is 56.3 Å². The molecule has 10 rings (SSSR count). The number of rotatable bonds is 10. The minimum atomic E-state index is -0.810. The van der Waals surface area contributed by atoms with Crippen LogP contribution in [0.5, 0.6) is 17.2 Å². The van der Waals surface area contributed by atoms with E-state index in [0.29, 0.717) is 72.6 Å². The molecule has 0 N–H and O–H groups in total. The number of halogens is 2. The first kappa shape index (κ1) is 50.6. The fraction of sp³-hybridized carbons (Fsp3) is 0.176. The topological polar surface area (TPSA) is 179 Å². The Kier molecular flexibility index (Phi) is 17.8. The second kappa shape index (κ2) is 24.3. The molecule has 0 amide bonds. The predicted molar refractivity (Wildman–Crippen MR) is 246 cm³/mol. The molecule has 1 fully saturated rings. The van der Waals surface area contributed by atoms with E-state index in [9.17, 15) is 23.2 Å². The molecule has 9 aromatic rings. The van der Waals surface area contributed by atoms with Gasteiger partial charge in [-0.1, -0.05) is 6.20 Å². The summed E-state index contributed by atoms with van der Waals surface area (Å²) in [5.41, 5.74) is 2.26. The van der Waals surface area contributed by atoms with Crippen LogP contribution in [0.2, 0.25) is 0 Å². The minimum absolute atomic E-state index is 0. The first-order valence-electron chi connectivity index (χ1n) is 20.9. The van der Waals surface area contributed by atoms with E-state index in [1.807, 2.05) is 18.2 Å². The van der Waals surface area contributed by atoms with Gasteiger partial charge in [0.05, 0.1) is 52.3 Å². The number of esters is 1. The van der Waals surface area contributed by atoms with E-state index in [4.69, 9.17) is 36.9 Å². The monoisotopic (exact) mass is 932 g/mol. The number of pyridine rings is 3. The van der Waals surface area contributed by atoms with Gasteiger partial charge in [-0.05, 0) is 104 Å². The third-order valence-electron chi connectivity index (χ3n) is 10.0. The van der Waals surface area contributed by atoms with Crippen LogP contribution in [0, 0.1) is 18.0 Å². The molecule has 7 heterocycles. The molecule has 0 atom stereocenters.